The first-order valence-electron chi connectivity index (χ1n) is 8.63. The van der Waals surface area contributed by atoms with Gasteiger partial charge in [0.05, 0.1) is 21.6 Å². The van der Waals surface area contributed by atoms with E-state index in [0.717, 1.165) is 22.3 Å². The summed E-state index contributed by atoms with van der Waals surface area (Å²) < 4.78 is 13.9. The van der Waals surface area contributed by atoms with Crippen molar-refractivity contribution in [3.63, 3.8) is 0 Å². The van der Waals surface area contributed by atoms with E-state index >= 15 is 0 Å². The molecule has 6 nitrogen and oxygen atoms in total. The van der Waals surface area contributed by atoms with Crippen LogP contribution >= 0.6 is 11.6 Å². The van der Waals surface area contributed by atoms with Gasteiger partial charge in [0.15, 0.2) is 5.82 Å². The van der Waals surface area contributed by atoms with Gasteiger partial charge in [-0.25, -0.2) is 9.37 Å². The van der Waals surface area contributed by atoms with E-state index < -0.39 is 5.82 Å². The zero-order valence-corrected chi connectivity index (χ0v) is 15.3. The van der Waals surface area contributed by atoms with E-state index in [4.69, 9.17) is 11.6 Å². The van der Waals surface area contributed by atoms with Crippen molar-refractivity contribution in [3.05, 3.63) is 71.3 Å². The molecule has 138 valence electrons. The van der Waals surface area contributed by atoms with E-state index in [1.165, 1.54) is 12.1 Å². The first-order valence-corrected chi connectivity index (χ1v) is 9.01. The Morgan fingerprint density at radius 2 is 1.89 bits per heavy atom. The minimum atomic E-state index is -0.490. The number of hydrogen-bond acceptors (Lipinski definition) is 4. The average molecular weight is 393 g/mol. The molecule has 0 spiro atoms. The largest absolute Gasteiger partial charge is 0.381 e. The molecule has 0 aliphatic carbocycles. The van der Waals surface area contributed by atoms with Crippen LogP contribution in [0.5, 0.6) is 0 Å². The minimum absolute atomic E-state index is 0.0530. The predicted octanol–water partition coefficient (Wildman–Crippen LogP) is 4.91. The van der Waals surface area contributed by atoms with Gasteiger partial charge in [-0.2, -0.15) is 5.10 Å². The molecule has 28 heavy (non-hydrogen) atoms. The number of nitrogens with zero attached hydrogens (tertiary/aromatic N) is 3. The lowest BCUT2D eigenvalue weighted by molar-refractivity contribution is 0.630. The third-order valence-electron chi connectivity index (χ3n) is 4.56. The molecule has 0 saturated heterocycles. The van der Waals surface area contributed by atoms with Crippen LogP contribution < -0.4 is 5.32 Å². The Morgan fingerprint density at radius 1 is 1.04 bits per heavy atom. The van der Waals surface area contributed by atoms with Crippen LogP contribution in [0, 0.1) is 5.82 Å². The van der Waals surface area contributed by atoms with Crippen LogP contribution in [0.15, 0.2) is 54.9 Å². The molecule has 5 aromatic rings. The highest BCUT2D eigenvalue weighted by Crippen LogP contribution is 2.30. The van der Waals surface area contributed by atoms with E-state index in [1.807, 2.05) is 30.3 Å². The molecule has 0 atom stereocenters. The average Bonchev–Trinajstić information content (AvgIpc) is 3.30. The molecule has 0 aliphatic rings. The summed E-state index contributed by atoms with van der Waals surface area (Å²) in [7, 11) is 0. The number of pyridine rings is 1. The van der Waals surface area contributed by atoms with Crippen LogP contribution in [-0.4, -0.2) is 25.1 Å². The van der Waals surface area contributed by atoms with Crippen molar-refractivity contribution in [3.8, 4) is 11.5 Å². The third kappa shape index (κ3) is 2.95. The number of rotatable bonds is 4. The van der Waals surface area contributed by atoms with Gasteiger partial charge < -0.3 is 10.3 Å². The SMILES string of the molecule is Fc1cc2c(-c3nc4ccc(NCc5ccncc5)cc4[nH]3)n[nH]c2cc1Cl. The van der Waals surface area contributed by atoms with Gasteiger partial charge in [-0.1, -0.05) is 11.6 Å². The lowest BCUT2D eigenvalue weighted by Gasteiger charge is -2.05. The summed E-state index contributed by atoms with van der Waals surface area (Å²) in [6.45, 7) is 0.694. The van der Waals surface area contributed by atoms with E-state index in [2.05, 4.69) is 30.5 Å². The number of aromatic amines is 2. The summed E-state index contributed by atoms with van der Waals surface area (Å²) in [4.78, 5) is 11.9. The molecule has 8 heteroatoms. The summed E-state index contributed by atoms with van der Waals surface area (Å²) in [5.41, 5.74) is 4.97. The van der Waals surface area contributed by atoms with Crippen molar-refractivity contribution < 1.29 is 4.39 Å². The van der Waals surface area contributed by atoms with Crippen molar-refractivity contribution in [1.82, 2.24) is 25.1 Å². The number of fused-ring (bicyclic) bond motifs is 2. The molecule has 5 rings (SSSR count). The van der Waals surface area contributed by atoms with Crippen molar-refractivity contribution in [1.29, 1.82) is 0 Å². The molecule has 0 amide bonds. The van der Waals surface area contributed by atoms with Gasteiger partial charge in [0.25, 0.3) is 0 Å². The number of H-pyrrole nitrogens is 2. The second-order valence-electron chi connectivity index (χ2n) is 6.41. The molecule has 0 saturated carbocycles. The number of halogens is 2. The first-order chi connectivity index (χ1) is 13.7. The van der Waals surface area contributed by atoms with Crippen molar-refractivity contribution in [2.45, 2.75) is 6.54 Å². The zero-order chi connectivity index (χ0) is 19.1. The summed E-state index contributed by atoms with van der Waals surface area (Å²) in [6, 6.07) is 12.7. The molecule has 0 radical (unpaired) electrons. The van der Waals surface area contributed by atoms with Gasteiger partial charge in [0, 0.05) is 30.0 Å². The Bertz CT molecular complexity index is 1290. The predicted molar refractivity (Wildman–Crippen MR) is 108 cm³/mol. The molecule has 0 aliphatic heterocycles. The second-order valence-corrected chi connectivity index (χ2v) is 6.82. The fourth-order valence-corrected chi connectivity index (χ4v) is 3.29. The van der Waals surface area contributed by atoms with Gasteiger partial charge in [-0.05, 0) is 48.0 Å². The molecule has 0 unspecified atom stereocenters. The lowest BCUT2D eigenvalue weighted by atomic mass is 10.2. The highest BCUT2D eigenvalue weighted by Gasteiger charge is 2.15. The highest BCUT2D eigenvalue weighted by atomic mass is 35.5. The van der Waals surface area contributed by atoms with Crippen LogP contribution in [0.4, 0.5) is 10.1 Å². The summed E-state index contributed by atoms with van der Waals surface area (Å²) in [5, 5.41) is 11.2. The van der Waals surface area contributed by atoms with Crippen LogP contribution in [0.1, 0.15) is 5.56 Å². The van der Waals surface area contributed by atoms with Crippen LogP contribution in [0.2, 0.25) is 5.02 Å². The number of imidazole rings is 1. The fraction of sp³-hybridized carbons (Fsp3) is 0.0500. The van der Waals surface area contributed by atoms with E-state index in [-0.39, 0.29) is 5.02 Å². The van der Waals surface area contributed by atoms with E-state index in [1.54, 1.807) is 12.4 Å². The molecule has 3 N–H and O–H groups in total. The maximum atomic E-state index is 13.9. The minimum Gasteiger partial charge on any atom is -0.381 e. The van der Waals surface area contributed by atoms with E-state index in [9.17, 15) is 4.39 Å². The summed E-state index contributed by atoms with van der Waals surface area (Å²) in [6.07, 6.45) is 3.54. The number of anilines is 1. The molecule has 3 heterocycles. The monoisotopic (exact) mass is 392 g/mol. The van der Waals surface area contributed by atoms with Crippen LogP contribution in [0.25, 0.3) is 33.5 Å². The normalized spacial score (nSPS) is 11.4. The summed E-state index contributed by atoms with van der Waals surface area (Å²) in [5.74, 6) is 0.0739. The topological polar surface area (TPSA) is 82.3 Å². The Morgan fingerprint density at radius 3 is 2.75 bits per heavy atom. The third-order valence-corrected chi connectivity index (χ3v) is 4.85. The molecular weight excluding hydrogens is 379 g/mol. The van der Waals surface area contributed by atoms with Gasteiger partial charge in [0.1, 0.15) is 11.5 Å². The van der Waals surface area contributed by atoms with E-state index in [0.29, 0.717) is 29.0 Å². The smallest absolute Gasteiger partial charge is 0.159 e. The number of hydrogen-bond donors (Lipinski definition) is 3. The van der Waals surface area contributed by atoms with Crippen molar-refractivity contribution in [2.24, 2.45) is 0 Å². The van der Waals surface area contributed by atoms with Crippen molar-refractivity contribution >= 4 is 39.2 Å². The fourth-order valence-electron chi connectivity index (χ4n) is 3.13. The molecule has 0 bridgehead atoms. The van der Waals surface area contributed by atoms with Gasteiger partial charge in [-0.15, -0.1) is 0 Å². The molecule has 3 aromatic heterocycles. The van der Waals surface area contributed by atoms with Gasteiger partial charge in [-0.3, -0.25) is 10.1 Å². The Labute approximate surface area is 163 Å². The standard InChI is InChI=1S/C20H14ClFN6/c21-14-9-17-13(8-15(14)22)19(28-27-17)20-25-16-2-1-12(7-18(16)26-20)24-10-11-3-5-23-6-4-11/h1-9,24H,10H2,(H,25,26)(H,27,28). The van der Waals surface area contributed by atoms with Gasteiger partial charge in [0.2, 0.25) is 0 Å². The second kappa shape index (κ2) is 6.61. The molecule has 0 fully saturated rings. The quantitative estimate of drug-likeness (QED) is 0.406. The zero-order valence-electron chi connectivity index (χ0n) is 14.5. The lowest BCUT2D eigenvalue weighted by Crippen LogP contribution is -1.98. The Balaban J connectivity index is 1.48. The maximum absolute atomic E-state index is 13.9. The molecule has 2 aromatic carbocycles. The van der Waals surface area contributed by atoms with Crippen LogP contribution in [0.3, 0.4) is 0 Å². The Hall–Kier alpha value is -3.45. The highest BCUT2D eigenvalue weighted by molar-refractivity contribution is 6.31. The summed E-state index contributed by atoms with van der Waals surface area (Å²) >= 11 is 5.84. The maximum Gasteiger partial charge on any atom is 0.159 e. The number of aromatic nitrogens is 5. The number of benzene rings is 2. The molecular formula is C20H14ClFN6. The first kappa shape index (κ1) is 16.7. The Kier molecular flexibility index (Phi) is 3.95. The number of nitrogens with one attached hydrogen (secondary N) is 3. The van der Waals surface area contributed by atoms with Crippen LogP contribution in [-0.2, 0) is 6.54 Å². The van der Waals surface area contributed by atoms with Gasteiger partial charge >= 0.3 is 0 Å². The van der Waals surface area contributed by atoms with Crippen molar-refractivity contribution in [2.75, 3.05) is 5.32 Å².